The molecule has 3 aromatic rings. The summed E-state index contributed by atoms with van der Waals surface area (Å²) < 4.78 is 7.79. The number of benzene rings is 1. The fraction of sp³-hybridized carbons (Fsp3) is 0.481. The molecule has 1 aliphatic rings. The minimum atomic E-state index is 0.0623. The quantitative estimate of drug-likeness (QED) is 0.440. The van der Waals surface area contributed by atoms with E-state index in [-0.39, 0.29) is 5.91 Å². The molecule has 1 atom stereocenters. The van der Waals surface area contributed by atoms with Crippen LogP contribution in [-0.2, 0) is 11.2 Å². The van der Waals surface area contributed by atoms with Crippen molar-refractivity contribution < 1.29 is 9.21 Å². The van der Waals surface area contributed by atoms with Crippen LogP contribution in [0.4, 0.5) is 5.82 Å². The normalized spacial score (nSPS) is 16.1. The second-order valence-electron chi connectivity index (χ2n) is 9.26. The molecular weight excluding hydrogens is 412 g/mol. The highest BCUT2D eigenvalue weighted by Gasteiger charge is 2.23. The smallest absolute Gasteiger partial charge is 0.225 e. The van der Waals surface area contributed by atoms with Crippen LogP contribution in [0.25, 0.3) is 0 Å². The van der Waals surface area contributed by atoms with Gasteiger partial charge in [-0.2, -0.15) is 5.10 Å². The molecule has 0 spiro atoms. The lowest BCUT2D eigenvalue weighted by atomic mass is 10.0. The second-order valence-corrected chi connectivity index (χ2v) is 9.26. The predicted molar refractivity (Wildman–Crippen MR) is 131 cm³/mol. The number of aromatic nitrogens is 2. The molecule has 1 amide bonds. The molecule has 6 heteroatoms. The molecule has 2 aromatic heterocycles. The number of likely N-dealkylation sites (tertiary alicyclic amines) is 1. The van der Waals surface area contributed by atoms with E-state index in [0.29, 0.717) is 18.4 Å². The Labute approximate surface area is 197 Å². The van der Waals surface area contributed by atoms with E-state index in [2.05, 4.69) is 40.4 Å². The van der Waals surface area contributed by atoms with Gasteiger partial charge < -0.3 is 14.6 Å². The summed E-state index contributed by atoms with van der Waals surface area (Å²) in [6.45, 7) is 7.43. The Morgan fingerprint density at radius 1 is 1.15 bits per heavy atom. The maximum atomic E-state index is 12.5. The fourth-order valence-electron chi connectivity index (χ4n) is 4.63. The lowest BCUT2D eigenvalue weighted by Crippen LogP contribution is -2.36. The molecule has 0 saturated carbocycles. The van der Waals surface area contributed by atoms with E-state index in [4.69, 9.17) is 4.42 Å². The third-order valence-corrected chi connectivity index (χ3v) is 6.68. The number of piperidine rings is 1. The van der Waals surface area contributed by atoms with Gasteiger partial charge >= 0.3 is 0 Å². The third-order valence-electron chi connectivity index (χ3n) is 6.68. The molecular formula is C27H36N4O2. The molecule has 1 N–H and O–H groups in total. The van der Waals surface area contributed by atoms with E-state index < -0.39 is 0 Å². The van der Waals surface area contributed by atoms with Crippen molar-refractivity contribution in [3.63, 3.8) is 0 Å². The first kappa shape index (κ1) is 23.3. The zero-order valence-corrected chi connectivity index (χ0v) is 19.9. The first-order chi connectivity index (χ1) is 16.1. The van der Waals surface area contributed by atoms with Crippen molar-refractivity contribution in [1.82, 2.24) is 14.7 Å². The summed E-state index contributed by atoms with van der Waals surface area (Å²) in [7, 11) is 0. The minimum Gasteiger partial charge on any atom is -0.466 e. The van der Waals surface area contributed by atoms with Crippen molar-refractivity contribution in [3.05, 3.63) is 71.8 Å². The number of amides is 1. The Bertz CT molecular complexity index is 1000. The number of aryl methyl sites for hydroxylation is 2. The van der Waals surface area contributed by atoms with Crippen LogP contribution in [0.5, 0.6) is 0 Å². The van der Waals surface area contributed by atoms with Crippen LogP contribution in [0, 0.1) is 6.92 Å². The third kappa shape index (κ3) is 6.57. The van der Waals surface area contributed by atoms with Gasteiger partial charge in [0.15, 0.2) is 0 Å². The molecule has 1 saturated heterocycles. The van der Waals surface area contributed by atoms with Crippen LogP contribution in [0.2, 0.25) is 0 Å². The van der Waals surface area contributed by atoms with E-state index in [0.717, 1.165) is 69.1 Å². The molecule has 6 nitrogen and oxygen atoms in total. The van der Waals surface area contributed by atoms with Gasteiger partial charge in [0.1, 0.15) is 17.3 Å². The zero-order chi connectivity index (χ0) is 23.0. The number of anilines is 1. The van der Waals surface area contributed by atoms with Gasteiger partial charge in [-0.15, -0.1) is 0 Å². The van der Waals surface area contributed by atoms with Gasteiger partial charge in [-0.3, -0.25) is 4.79 Å². The van der Waals surface area contributed by atoms with Crippen molar-refractivity contribution in [2.45, 2.75) is 64.3 Å². The Morgan fingerprint density at radius 3 is 2.67 bits per heavy atom. The summed E-state index contributed by atoms with van der Waals surface area (Å²) in [4.78, 5) is 15.0. The molecule has 3 heterocycles. The number of hydrogen-bond donors (Lipinski definition) is 1. The van der Waals surface area contributed by atoms with Gasteiger partial charge in [0.05, 0.1) is 12.2 Å². The topological polar surface area (TPSA) is 63.3 Å². The van der Waals surface area contributed by atoms with Crippen molar-refractivity contribution in [2.75, 3.05) is 25.0 Å². The summed E-state index contributed by atoms with van der Waals surface area (Å²) in [5, 5.41) is 7.62. The second kappa shape index (κ2) is 11.3. The number of nitrogens with zero attached hydrogens (tertiary/aromatic N) is 3. The molecule has 1 aromatic carbocycles. The summed E-state index contributed by atoms with van der Waals surface area (Å²) in [5.74, 6) is 3.39. The molecule has 1 aliphatic heterocycles. The molecule has 0 bridgehead atoms. The largest absolute Gasteiger partial charge is 0.466 e. The molecule has 0 radical (unpaired) electrons. The van der Waals surface area contributed by atoms with Crippen LogP contribution < -0.4 is 5.32 Å². The molecule has 176 valence electrons. The summed E-state index contributed by atoms with van der Waals surface area (Å²) in [6, 6.07) is 16.7. The molecule has 0 aliphatic carbocycles. The Balaban J connectivity index is 1.20. The van der Waals surface area contributed by atoms with E-state index in [9.17, 15) is 4.79 Å². The average molecular weight is 449 g/mol. The van der Waals surface area contributed by atoms with Crippen LogP contribution in [0.3, 0.4) is 0 Å². The highest BCUT2D eigenvalue weighted by Crippen LogP contribution is 2.27. The summed E-state index contributed by atoms with van der Waals surface area (Å²) in [6.07, 6.45) is 7.27. The summed E-state index contributed by atoms with van der Waals surface area (Å²) >= 11 is 0. The van der Waals surface area contributed by atoms with Crippen molar-refractivity contribution in [1.29, 1.82) is 0 Å². The molecule has 1 fully saturated rings. The first-order valence-electron chi connectivity index (χ1n) is 12.2. The number of furan rings is 1. The lowest BCUT2D eigenvalue weighted by Gasteiger charge is -2.33. The highest BCUT2D eigenvalue weighted by atomic mass is 16.3. The summed E-state index contributed by atoms with van der Waals surface area (Å²) in [5.41, 5.74) is 1.27. The van der Waals surface area contributed by atoms with Crippen molar-refractivity contribution in [3.8, 4) is 0 Å². The number of carbonyl (C=O) groups excluding carboxylic acids is 1. The van der Waals surface area contributed by atoms with E-state index in [1.165, 1.54) is 5.56 Å². The van der Waals surface area contributed by atoms with Crippen LogP contribution in [-0.4, -0.2) is 40.2 Å². The molecule has 4 rings (SSSR count). The Kier molecular flexibility index (Phi) is 8.00. The maximum Gasteiger partial charge on any atom is 0.225 e. The van der Waals surface area contributed by atoms with Crippen LogP contribution in [0.15, 0.2) is 59.1 Å². The van der Waals surface area contributed by atoms with Crippen LogP contribution in [0.1, 0.15) is 68.1 Å². The SMILES string of the molecule is Cc1ccc(C(C)CCN2CCC(n3nccc3NC(=O)CCCc3ccccc3)CC2)o1. The van der Waals surface area contributed by atoms with Gasteiger partial charge in [0.25, 0.3) is 0 Å². The molecule has 1 unspecified atom stereocenters. The number of nitrogens with one attached hydrogen (secondary N) is 1. The lowest BCUT2D eigenvalue weighted by molar-refractivity contribution is -0.116. The van der Waals surface area contributed by atoms with Crippen LogP contribution >= 0.6 is 0 Å². The van der Waals surface area contributed by atoms with Crippen molar-refractivity contribution >= 4 is 11.7 Å². The van der Waals surface area contributed by atoms with Gasteiger partial charge in [-0.05, 0) is 63.3 Å². The first-order valence-corrected chi connectivity index (χ1v) is 12.2. The highest BCUT2D eigenvalue weighted by molar-refractivity contribution is 5.89. The number of hydrogen-bond acceptors (Lipinski definition) is 4. The van der Waals surface area contributed by atoms with E-state index in [1.54, 1.807) is 6.20 Å². The Hall–Kier alpha value is -2.86. The van der Waals surface area contributed by atoms with Gasteiger partial charge in [0, 0.05) is 31.5 Å². The standard InChI is InChI=1S/C27H36N4O2/c1-21(25-12-11-22(2)33-25)14-18-30-19-15-24(16-20-30)31-26(13-17-28-31)29-27(32)10-6-9-23-7-4-3-5-8-23/h3-5,7-8,11-13,17,21,24H,6,9-10,14-16,18-20H2,1-2H3,(H,29,32). The zero-order valence-electron chi connectivity index (χ0n) is 19.9. The minimum absolute atomic E-state index is 0.0623. The number of carbonyl (C=O) groups is 1. The number of rotatable bonds is 10. The van der Waals surface area contributed by atoms with Crippen molar-refractivity contribution in [2.24, 2.45) is 0 Å². The van der Waals surface area contributed by atoms with E-state index >= 15 is 0 Å². The van der Waals surface area contributed by atoms with Gasteiger partial charge in [0.2, 0.25) is 5.91 Å². The fourth-order valence-corrected chi connectivity index (χ4v) is 4.63. The Morgan fingerprint density at radius 2 is 1.94 bits per heavy atom. The monoisotopic (exact) mass is 448 g/mol. The van der Waals surface area contributed by atoms with Gasteiger partial charge in [-0.1, -0.05) is 37.3 Å². The van der Waals surface area contributed by atoms with Gasteiger partial charge in [-0.25, -0.2) is 4.68 Å². The van der Waals surface area contributed by atoms with E-state index in [1.807, 2.05) is 41.9 Å². The maximum absolute atomic E-state index is 12.5. The predicted octanol–water partition coefficient (Wildman–Crippen LogP) is 5.58. The molecule has 33 heavy (non-hydrogen) atoms. The average Bonchev–Trinajstić information content (AvgIpc) is 3.47.